The van der Waals surface area contributed by atoms with Crippen LogP contribution in [0.25, 0.3) is 0 Å². The lowest BCUT2D eigenvalue weighted by Gasteiger charge is -2.31. The molecule has 2 aromatic rings. The zero-order chi connectivity index (χ0) is 28.5. The molecule has 1 aliphatic rings. The highest BCUT2D eigenvalue weighted by Gasteiger charge is 2.42. The van der Waals surface area contributed by atoms with E-state index in [1.54, 1.807) is 38.2 Å². The number of nitro groups is 1. The molecule has 3 rings (SSSR count). The van der Waals surface area contributed by atoms with Crippen LogP contribution in [0.2, 0.25) is 0 Å². The number of nitrogens with one attached hydrogen (secondary N) is 1. The van der Waals surface area contributed by atoms with Crippen LogP contribution in [0.15, 0.2) is 65.1 Å². The Hall–Kier alpha value is -4.45. The van der Waals surface area contributed by atoms with Crippen LogP contribution in [-0.2, 0) is 19.1 Å². The number of rotatable bonds is 11. The lowest BCUT2D eigenvalue weighted by molar-refractivity contribution is -0.384. The summed E-state index contributed by atoms with van der Waals surface area (Å²) in [5, 5.41) is 14.1. The van der Waals surface area contributed by atoms with E-state index >= 15 is 0 Å². The van der Waals surface area contributed by atoms with Crippen molar-refractivity contribution in [2.75, 3.05) is 40.4 Å². The van der Waals surface area contributed by atoms with Gasteiger partial charge in [0.1, 0.15) is 19.1 Å². The van der Waals surface area contributed by atoms with Crippen LogP contribution in [0.4, 0.5) is 5.69 Å². The summed E-state index contributed by atoms with van der Waals surface area (Å²) in [5.41, 5.74) is 1.43. The summed E-state index contributed by atoms with van der Waals surface area (Å²) >= 11 is 0. The molecule has 0 saturated heterocycles. The average molecular weight is 538 g/mol. The third-order valence-corrected chi connectivity index (χ3v) is 6.07. The summed E-state index contributed by atoms with van der Waals surface area (Å²) in [6.07, 6.45) is 2.97. The molecule has 0 fully saturated rings. The fourth-order valence-electron chi connectivity index (χ4n) is 4.20. The summed E-state index contributed by atoms with van der Waals surface area (Å²) in [4.78, 5) is 59.9. The first-order chi connectivity index (χ1) is 18.6. The minimum atomic E-state index is -1.04. The lowest BCUT2D eigenvalue weighted by Crippen LogP contribution is -2.38. The summed E-state index contributed by atoms with van der Waals surface area (Å²) in [7, 11) is 3.67. The first-order valence-corrected chi connectivity index (χ1v) is 12.3. The quantitative estimate of drug-likeness (QED) is 0.197. The normalized spacial score (nSPS) is 16.9. The topological polar surface area (TPSA) is 153 Å². The molecule has 12 nitrogen and oxygen atoms in total. The van der Waals surface area contributed by atoms with E-state index in [0.29, 0.717) is 29.1 Å². The number of allylic oxidation sites excluding steroid dienone is 1. The maximum absolute atomic E-state index is 13.4. The van der Waals surface area contributed by atoms with Crippen molar-refractivity contribution in [1.29, 1.82) is 0 Å². The van der Waals surface area contributed by atoms with Crippen molar-refractivity contribution >= 4 is 29.2 Å². The summed E-state index contributed by atoms with van der Waals surface area (Å²) in [6, 6.07) is 9.01. The highest BCUT2D eigenvalue weighted by molar-refractivity contribution is 6.07. The molecule has 1 aromatic carbocycles. The van der Waals surface area contributed by atoms with Gasteiger partial charge in [-0.3, -0.25) is 29.7 Å². The zero-order valence-electron chi connectivity index (χ0n) is 22.2. The molecule has 12 heteroatoms. The van der Waals surface area contributed by atoms with Crippen molar-refractivity contribution in [2.45, 2.75) is 19.8 Å². The van der Waals surface area contributed by atoms with Crippen LogP contribution < -0.4 is 5.32 Å². The molecule has 1 amide bonds. The predicted molar refractivity (Wildman–Crippen MR) is 142 cm³/mol. The van der Waals surface area contributed by atoms with Gasteiger partial charge in [-0.15, -0.1) is 0 Å². The van der Waals surface area contributed by atoms with Crippen LogP contribution in [0.5, 0.6) is 0 Å². The molecule has 0 saturated carbocycles. The molecule has 1 unspecified atom stereocenters. The minimum Gasteiger partial charge on any atom is -0.463 e. The Morgan fingerprint density at radius 3 is 2.54 bits per heavy atom. The van der Waals surface area contributed by atoms with Gasteiger partial charge in [-0.1, -0.05) is 12.1 Å². The first-order valence-electron chi connectivity index (χ1n) is 12.3. The van der Waals surface area contributed by atoms with Crippen molar-refractivity contribution in [2.24, 2.45) is 10.9 Å². The maximum atomic E-state index is 13.4. The van der Waals surface area contributed by atoms with E-state index in [-0.39, 0.29) is 36.9 Å². The summed E-state index contributed by atoms with van der Waals surface area (Å²) in [6.45, 7) is 3.76. The minimum absolute atomic E-state index is 0.0398. The number of hydrogen-bond donors (Lipinski definition) is 1. The third-order valence-electron chi connectivity index (χ3n) is 6.07. The van der Waals surface area contributed by atoms with Crippen molar-refractivity contribution in [3.05, 3.63) is 81.3 Å². The van der Waals surface area contributed by atoms with Gasteiger partial charge in [0, 0.05) is 48.4 Å². The van der Waals surface area contributed by atoms with Gasteiger partial charge in [0.15, 0.2) is 0 Å². The fraction of sp³-hybridized carbons (Fsp3) is 0.370. The number of benzene rings is 1. The number of non-ortho nitro benzene ring substituents is 1. The number of hydrogen-bond acceptors (Lipinski definition) is 10. The third kappa shape index (κ3) is 7.54. The molecule has 0 bridgehead atoms. The highest BCUT2D eigenvalue weighted by Crippen LogP contribution is 2.41. The largest absolute Gasteiger partial charge is 0.463 e. The average Bonchev–Trinajstić information content (AvgIpc) is 2.90. The van der Waals surface area contributed by atoms with Crippen molar-refractivity contribution < 1.29 is 28.8 Å². The molecule has 2 heterocycles. The van der Waals surface area contributed by atoms with E-state index in [1.165, 1.54) is 24.4 Å². The second-order valence-corrected chi connectivity index (χ2v) is 9.16. The molecule has 1 N–H and O–H groups in total. The number of amides is 1. The highest BCUT2D eigenvalue weighted by atomic mass is 16.6. The molecule has 0 aliphatic carbocycles. The molecule has 1 aliphatic heterocycles. The van der Waals surface area contributed by atoms with Crippen LogP contribution in [0.1, 0.15) is 35.7 Å². The van der Waals surface area contributed by atoms with Gasteiger partial charge in [-0.25, -0.2) is 4.79 Å². The number of likely N-dealkylation sites (N-methyl/N-ethyl adjacent to an activating group) is 1. The van der Waals surface area contributed by atoms with Gasteiger partial charge in [0.05, 0.1) is 22.6 Å². The van der Waals surface area contributed by atoms with Crippen molar-refractivity contribution in [3.8, 4) is 0 Å². The van der Waals surface area contributed by atoms with Crippen LogP contribution in [0, 0.1) is 16.0 Å². The Bertz CT molecular complexity index is 1290. The van der Waals surface area contributed by atoms with Crippen molar-refractivity contribution in [3.63, 3.8) is 0 Å². The van der Waals surface area contributed by atoms with Gasteiger partial charge in [-0.05, 0) is 45.6 Å². The van der Waals surface area contributed by atoms with E-state index in [4.69, 9.17) is 9.47 Å². The molecular weight excluding hydrogens is 506 g/mol. The van der Waals surface area contributed by atoms with E-state index in [1.807, 2.05) is 19.0 Å². The number of nitro benzene ring substituents is 1. The van der Waals surface area contributed by atoms with Gasteiger partial charge in [0.2, 0.25) is 0 Å². The molecule has 39 heavy (non-hydrogen) atoms. The van der Waals surface area contributed by atoms with Gasteiger partial charge in [-0.2, -0.15) is 0 Å². The standard InChI is InChI=1S/C27H31N5O7/c1-17-22(26(34)38-13-11-29-25(33)20-8-6-10-28-16-20)24(19-7-5-9-21(15-19)32(36)37)23(18(2)30-17)27(35)39-14-12-31(3)4/h5-10,15-16,22,24H,11-14H2,1-4H3,(H,29,33)/t22?,24-/m1/s1. The number of nitrogens with zero attached hydrogens (tertiary/aromatic N) is 4. The molecule has 0 spiro atoms. The van der Waals surface area contributed by atoms with Gasteiger partial charge in [0.25, 0.3) is 11.6 Å². The second kappa shape index (κ2) is 13.4. The number of aromatic nitrogens is 1. The summed E-state index contributed by atoms with van der Waals surface area (Å²) in [5.74, 6) is -3.68. The Balaban J connectivity index is 1.84. The van der Waals surface area contributed by atoms with Crippen molar-refractivity contribution in [1.82, 2.24) is 15.2 Å². The number of ether oxygens (including phenoxy) is 2. The Morgan fingerprint density at radius 2 is 1.87 bits per heavy atom. The zero-order valence-corrected chi connectivity index (χ0v) is 22.2. The fourth-order valence-corrected chi connectivity index (χ4v) is 4.20. The Labute approximate surface area is 225 Å². The van der Waals surface area contributed by atoms with E-state index < -0.39 is 28.7 Å². The summed E-state index contributed by atoms with van der Waals surface area (Å²) < 4.78 is 11.0. The van der Waals surface area contributed by atoms with E-state index in [2.05, 4.69) is 15.3 Å². The molecular formula is C27H31N5O7. The predicted octanol–water partition coefficient (Wildman–Crippen LogP) is 2.52. The molecule has 206 valence electrons. The monoisotopic (exact) mass is 537 g/mol. The lowest BCUT2D eigenvalue weighted by atomic mass is 9.75. The van der Waals surface area contributed by atoms with Gasteiger partial charge >= 0.3 is 11.9 Å². The number of esters is 2. The number of pyridine rings is 1. The number of carbonyl (C=O) groups excluding carboxylic acids is 3. The Morgan fingerprint density at radius 1 is 1.10 bits per heavy atom. The van der Waals surface area contributed by atoms with Gasteiger partial charge < -0.3 is 19.7 Å². The van der Waals surface area contributed by atoms with E-state index in [0.717, 1.165) is 0 Å². The van der Waals surface area contributed by atoms with Crippen LogP contribution >= 0.6 is 0 Å². The molecule has 1 aromatic heterocycles. The van der Waals surface area contributed by atoms with Crippen LogP contribution in [0.3, 0.4) is 0 Å². The first kappa shape index (κ1) is 29.1. The SMILES string of the molecule is CC1=NC(C)=C(C(=O)OCCN(C)C)[C@H](c2cccc([N+](=O)[O-])c2)C1C(=O)OCCNC(=O)c1cccnc1. The smallest absolute Gasteiger partial charge is 0.336 e. The second-order valence-electron chi connectivity index (χ2n) is 9.16. The van der Waals surface area contributed by atoms with E-state index in [9.17, 15) is 24.5 Å². The number of aliphatic imine (C=N–C) groups is 1. The molecule has 2 atom stereocenters. The van der Waals surface area contributed by atoms with Crippen LogP contribution in [-0.4, -0.2) is 78.8 Å². The number of carbonyl (C=O) groups is 3. The maximum Gasteiger partial charge on any atom is 0.336 e. The Kier molecular flexibility index (Phi) is 9.98. The molecule has 0 radical (unpaired) electrons.